The van der Waals surface area contributed by atoms with E-state index in [1.54, 1.807) is 6.07 Å². The van der Waals surface area contributed by atoms with Crippen LogP contribution in [-0.2, 0) is 0 Å². The number of halogens is 4. The first-order chi connectivity index (χ1) is 6.56. The summed E-state index contributed by atoms with van der Waals surface area (Å²) in [5.41, 5.74) is 6.32. The standard InChI is InChI=1S/C9H7Cl3N2.ClH/c10-5-3-6(8(14)1-2-13)9(12)7(11)4-5;/h3-4,8H,1,14H2;1H/t8-;/m0./s1. The van der Waals surface area contributed by atoms with Gasteiger partial charge in [-0.2, -0.15) is 5.26 Å². The molecule has 2 N–H and O–H groups in total. The predicted octanol–water partition coefficient (Wildman–Crippen LogP) is 3.98. The Morgan fingerprint density at radius 2 is 1.93 bits per heavy atom. The van der Waals surface area contributed by atoms with Crippen molar-refractivity contribution in [3.63, 3.8) is 0 Å². The lowest BCUT2D eigenvalue weighted by molar-refractivity contribution is 0.749. The third-order valence-electron chi connectivity index (χ3n) is 1.73. The fraction of sp³-hybridized carbons (Fsp3) is 0.222. The van der Waals surface area contributed by atoms with Crippen molar-refractivity contribution in [1.29, 1.82) is 5.26 Å². The second kappa shape index (κ2) is 6.42. The molecule has 0 fully saturated rings. The summed E-state index contributed by atoms with van der Waals surface area (Å²) in [4.78, 5) is 0. The van der Waals surface area contributed by atoms with E-state index in [0.717, 1.165) is 0 Å². The molecule has 0 aliphatic heterocycles. The molecule has 2 nitrogen and oxygen atoms in total. The van der Waals surface area contributed by atoms with E-state index < -0.39 is 6.04 Å². The molecule has 82 valence electrons. The SMILES string of the molecule is Cl.N#CC[C@H](N)c1cc(Cl)cc(Cl)c1Cl. The minimum absolute atomic E-state index is 0. The van der Waals surface area contributed by atoms with E-state index in [1.807, 2.05) is 6.07 Å². The van der Waals surface area contributed by atoms with Gasteiger partial charge in [-0.1, -0.05) is 34.8 Å². The highest BCUT2D eigenvalue weighted by atomic mass is 35.5. The van der Waals surface area contributed by atoms with E-state index in [2.05, 4.69) is 0 Å². The van der Waals surface area contributed by atoms with Gasteiger partial charge in [0.25, 0.3) is 0 Å². The lowest BCUT2D eigenvalue weighted by atomic mass is 10.1. The van der Waals surface area contributed by atoms with Crippen LogP contribution in [0, 0.1) is 11.3 Å². The Labute approximate surface area is 109 Å². The maximum atomic E-state index is 8.49. The minimum Gasteiger partial charge on any atom is -0.323 e. The molecule has 0 heterocycles. The zero-order chi connectivity index (χ0) is 10.7. The fourth-order valence-corrected chi connectivity index (χ4v) is 1.81. The van der Waals surface area contributed by atoms with Crippen molar-refractivity contribution in [3.05, 3.63) is 32.8 Å². The van der Waals surface area contributed by atoms with Gasteiger partial charge in [0, 0.05) is 11.1 Å². The van der Waals surface area contributed by atoms with E-state index in [-0.39, 0.29) is 18.8 Å². The molecule has 1 rings (SSSR count). The molecule has 0 aliphatic carbocycles. The van der Waals surface area contributed by atoms with Crippen LogP contribution >= 0.6 is 47.2 Å². The maximum absolute atomic E-state index is 8.49. The Hall–Kier alpha value is -0.170. The van der Waals surface area contributed by atoms with Crippen molar-refractivity contribution < 1.29 is 0 Å². The predicted molar refractivity (Wildman–Crippen MR) is 65.9 cm³/mol. The number of rotatable bonds is 2. The van der Waals surface area contributed by atoms with Crippen molar-refractivity contribution in [2.75, 3.05) is 0 Å². The molecule has 0 aromatic heterocycles. The smallest absolute Gasteiger partial charge is 0.0641 e. The second-order valence-electron chi connectivity index (χ2n) is 2.76. The Kier molecular flexibility index (Phi) is 6.35. The molecule has 1 aromatic carbocycles. The van der Waals surface area contributed by atoms with E-state index in [9.17, 15) is 0 Å². The number of nitrogens with zero attached hydrogens (tertiary/aromatic N) is 1. The Bertz CT molecular complexity index is 386. The summed E-state index contributed by atoms with van der Waals surface area (Å²) in [5.74, 6) is 0. The van der Waals surface area contributed by atoms with Crippen LogP contribution in [0.4, 0.5) is 0 Å². The van der Waals surface area contributed by atoms with Crippen molar-refractivity contribution in [3.8, 4) is 6.07 Å². The number of nitriles is 1. The first-order valence-corrected chi connectivity index (χ1v) is 4.96. The molecule has 0 saturated carbocycles. The number of benzene rings is 1. The third kappa shape index (κ3) is 3.71. The largest absolute Gasteiger partial charge is 0.323 e. The van der Waals surface area contributed by atoms with Crippen molar-refractivity contribution >= 4 is 47.2 Å². The van der Waals surface area contributed by atoms with Gasteiger partial charge in [0.2, 0.25) is 0 Å². The van der Waals surface area contributed by atoms with Gasteiger partial charge >= 0.3 is 0 Å². The van der Waals surface area contributed by atoms with Crippen molar-refractivity contribution in [2.45, 2.75) is 12.5 Å². The second-order valence-corrected chi connectivity index (χ2v) is 3.98. The molecule has 0 bridgehead atoms. The number of nitrogens with two attached hydrogens (primary N) is 1. The Balaban J connectivity index is 0.00000196. The average Bonchev–Trinajstić information content (AvgIpc) is 2.11. The summed E-state index contributed by atoms with van der Waals surface area (Å²) < 4.78 is 0. The van der Waals surface area contributed by atoms with Gasteiger partial charge < -0.3 is 5.73 Å². The summed E-state index contributed by atoms with van der Waals surface area (Å²) in [6, 6.07) is 4.67. The molecule has 1 atom stereocenters. The quantitative estimate of drug-likeness (QED) is 0.836. The van der Waals surface area contributed by atoms with Crippen LogP contribution in [0.5, 0.6) is 0 Å². The summed E-state index contributed by atoms with van der Waals surface area (Å²) in [6.45, 7) is 0. The van der Waals surface area contributed by atoms with E-state index in [1.165, 1.54) is 6.07 Å². The third-order valence-corrected chi connectivity index (χ3v) is 2.77. The first-order valence-electron chi connectivity index (χ1n) is 3.83. The van der Waals surface area contributed by atoms with Gasteiger partial charge in [-0.05, 0) is 17.7 Å². The molecule has 15 heavy (non-hydrogen) atoms. The van der Waals surface area contributed by atoms with Gasteiger partial charge in [0.1, 0.15) is 0 Å². The molecule has 1 aromatic rings. The highest BCUT2D eigenvalue weighted by Crippen LogP contribution is 2.33. The molecule has 0 radical (unpaired) electrons. The number of hydrogen-bond acceptors (Lipinski definition) is 2. The molecule has 0 amide bonds. The lowest BCUT2D eigenvalue weighted by Gasteiger charge is -2.11. The summed E-state index contributed by atoms with van der Waals surface area (Å²) >= 11 is 17.5. The average molecular weight is 286 g/mol. The zero-order valence-corrected chi connectivity index (χ0v) is 10.6. The number of hydrogen-bond donors (Lipinski definition) is 1. The van der Waals surface area contributed by atoms with Crippen molar-refractivity contribution in [2.24, 2.45) is 5.73 Å². The van der Waals surface area contributed by atoms with Crippen LogP contribution < -0.4 is 5.73 Å². The molecule has 0 saturated heterocycles. The van der Waals surface area contributed by atoms with E-state index in [0.29, 0.717) is 20.6 Å². The lowest BCUT2D eigenvalue weighted by Crippen LogP contribution is -2.10. The Morgan fingerprint density at radius 3 is 2.47 bits per heavy atom. The summed E-state index contributed by atoms with van der Waals surface area (Å²) in [5, 5.41) is 9.66. The van der Waals surface area contributed by atoms with E-state index in [4.69, 9.17) is 45.8 Å². The molecule has 6 heteroatoms. The van der Waals surface area contributed by atoms with Gasteiger partial charge in [0.15, 0.2) is 0 Å². The highest BCUT2D eigenvalue weighted by Gasteiger charge is 2.13. The van der Waals surface area contributed by atoms with Crippen molar-refractivity contribution in [1.82, 2.24) is 0 Å². The topological polar surface area (TPSA) is 49.8 Å². The van der Waals surface area contributed by atoms with Gasteiger partial charge in [-0.25, -0.2) is 0 Å². The van der Waals surface area contributed by atoms with E-state index >= 15 is 0 Å². The maximum Gasteiger partial charge on any atom is 0.0641 e. The van der Waals surface area contributed by atoms with Crippen LogP contribution in [0.15, 0.2) is 12.1 Å². The summed E-state index contributed by atoms with van der Waals surface area (Å²) in [7, 11) is 0. The van der Waals surface area contributed by atoms with Crippen LogP contribution in [0.2, 0.25) is 15.1 Å². The van der Waals surface area contributed by atoms with Crippen LogP contribution in [0.3, 0.4) is 0 Å². The molecule has 0 aliphatic rings. The highest BCUT2D eigenvalue weighted by molar-refractivity contribution is 6.43. The van der Waals surface area contributed by atoms with Gasteiger partial charge in [-0.15, -0.1) is 12.4 Å². The minimum atomic E-state index is -0.455. The van der Waals surface area contributed by atoms with Gasteiger partial charge in [-0.3, -0.25) is 0 Å². The Morgan fingerprint density at radius 1 is 1.33 bits per heavy atom. The van der Waals surface area contributed by atoms with Crippen LogP contribution in [-0.4, -0.2) is 0 Å². The monoisotopic (exact) mass is 284 g/mol. The molecular weight excluding hydrogens is 278 g/mol. The first kappa shape index (κ1) is 14.8. The normalized spacial score (nSPS) is 11.4. The van der Waals surface area contributed by atoms with Crippen LogP contribution in [0.1, 0.15) is 18.0 Å². The fourth-order valence-electron chi connectivity index (χ4n) is 1.05. The summed E-state index contributed by atoms with van der Waals surface area (Å²) in [6.07, 6.45) is 0.177. The van der Waals surface area contributed by atoms with Gasteiger partial charge in [0.05, 0.1) is 22.5 Å². The molecule has 0 unspecified atom stereocenters. The zero-order valence-electron chi connectivity index (χ0n) is 7.51. The molecule has 0 spiro atoms. The van der Waals surface area contributed by atoms with Crippen LogP contribution in [0.25, 0.3) is 0 Å². The molecular formula is C9H8Cl4N2.